The van der Waals surface area contributed by atoms with Crippen LogP contribution in [0.1, 0.15) is 12.8 Å². The molecule has 104 valence electrons. The molecule has 0 amide bonds. The third-order valence-electron chi connectivity index (χ3n) is 3.33. The lowest BCUT2D eigenvalue weighted by Crippen LogP contribution is -2.39. The van der Waals surface area contributed by atoms with Crippen LogP contribution < -0.4 is 15.2 Å². The predicted octanol–water partition coefficient (Wildman–Crippen LogP) is 1.21. The Morgan fingerprint density at radius 3 is 2.70 bits per heavy atom. The fourth-order valence-corrected chi connectivity index (χ4v) is 2.32. The highest BCUT2D eigenvalue weighted by atomic mass is 16.5. The van der Waals surface area contributed by atoms with Crippen molar-refractivity contribution in [3.63, 3.8) is 0 Å². The number of hydrogen-bond donors (Lipinski definition) is 1. The van der Waals surface area contributed by atoms with Gasteiger partial charge >= 0.3 is 0 Å². The van der Waals surface area contributed by atoms with E-state index in [1.54, 1.807) is 24.7 Å². The number of nitrogens with one attached hydrogen (secondary N) is 1. The number of anilines is 1. The summed E-state index contributed by atoms with van der Waals surface area (Å²) in [6, 6.07) is 5.06. The highest BCUT2D eigenvalue weighted by Gasteiger charge is 2.22. The van der Waals surface area contributed by atoms with Crippen LogP contribution in [0.3, 0.4) is 0 Å². The summed E-state index contributed by atoms with van der Waals surface area (Å²) in [5.74, 6) is 1.39. The van der Waals surface area contributed by atoms with Gasteiger partial charge in [0.05, 0.1) is 0 Å². The molecule has 2 aromatic heterocycles. The summed E-state index contributed by atoms with van der Waals surface area (Å²) in [6.07, 6.45) is 7.03. The molecule has 2 aromatic rings. The van der Waals surface area contributed by atoms with E-state index < -0.39 is 0 Å². The summed E-state index contributed by atoms with van der Waals surface area (Å²) in [5, 5.41) is 0. The summed E-state index contributed by atoms with van der Waals surface area (Å²) in [7, 11) is 0. The summed E-state index contributed by atoms with van der Waals surface area (Å²) in [5.41, 5.74) is -0.141. The molecular weight excluding hydrogens is 256 g/mol. The first-order valence-corrected chi connectivity index (χ1v) is 6.68. The van der Waals surface area contributed by atoms with E-state index in [0.717, 1.165) is 31.9 Å². The number of ether oxygens (including phenoxy) is 1. The number of aromatic nitrogens is 3. The van der Waals surface area contributed by atoms with Gasteiger partial charge < -0.3 is 14.6 Å². The lowest BCUT2D eigenvalue weighted by Gasteiger charge is -2.32. The smallest absolute Gasteiger partial charge is 0.251 e. The largest absolute Gasteiger partial charge is 0.490 e. The summed E-state index contributed by atoms with van der Waals surface area (Å²) < 4.78 is 5.83. The molecule has 3 rings (SSSR count). The Kier molecular flexibility index (Phi) is 3.62. The van der Waals surface area contributed by atoms with Gasteiger partial charge in [-0.25, -0.2) is 9.97 Å². The fraction of sp³-hybridized carbons (Fsp3) is 0.357. The highest BCUT2D eigenvalue weighted by Crippen LogP contribution is 2.19. The average molecular weight is 272 g/mol. The number of aromatic amines is 1. The van der Waals surface area contributed by atoms with Gasteiger partial charge in [0.25, 0.3) is 5.56 Å². The van der Waals surface area contributed by atoms with Gasteiger partial charge in [-0.2, -0.15) is 0 Å². The minimum atomic E-state index is -0.141. The maximum absolute atomic E-state index is 11.2. The van der Waals surface area contributed by atoms with Crippen molar-refractivity contribution in [2.75, 3.05) is 18.0 Å². The Morgan fingerprint density at radius 2 is 2.00 bits per heavy atom. The van der Waals surface area contributed by atoms with Gasteiger partial charge in [-0.3, -0.25) is 4.79 Å². The molecule has 0 radical (unpaired) electrons. The zero-order valence-electron chi connectivity index (χ0n) is 11.0. The quantitative estimate of drug-likeness (QED) is 0.909. The van der Waals surface area contributed by atoms with Crippen LogP contribution in [-0.4, -0.2) is 34.1 Å². The summed E-state index contributed by atoms with van der Waals surface area (Å²) in [6.45, 7) is 1.72. The van der Waals surface area contributed by atoms with Crippen molar-refractivity contribution in [1.29, 1.82) is 0 Å². The van der Waals surface area contributed by atoms with E-state index in [1.165, 1.54) is 6.07 Å². The highest BCUT2D eigenvalue weighted by molar-refractivity contribution is 5.29. The molecule has 0 aliphatic carbocycles. The number of pyridine rings is 1. The van der Waals surface area contributed by atoms with Crippen LogP contribution in [0.5, 0.6) is 5.75 Å². The number of H-pyrrole nitrogens is 1. The van der Waals surface area contributed by atoms with Crippen LogP contribution in [0.4, 0.5) is 5.95 Å². The molecular formula is C14H16N4O2. The standard InChI is InChI=1S/C14H16N4O2/c19-13-10-12(2-7-15-13)20-11-3-8-18(9-4-11)14-16-5-1-6-17-14/h1-2,5-7,10-11H,3-4,8-9H2,(H,15,19). The second-order valence-electron chi connectivity index (χ2n) is 4.74. The van der Waals surface area contributed by atoms with E-state index >= 15 is 0 Å². The minimum Gasteiger partial charge on any atom is -0.490 e. The Labute approximate surface area is 116 Å². The average Bonchev–Trinajstić information content (AvgIpc) is 2.49. The normalized spacial score (nSPS) is 16.1. The van der Waals surface area contributed by atoms with Crippen molar-refractivity contribution >= 4 is 5.95 Å². The first-order valence-electron chi connectivity index (χ1n) is 6.68. The second-order valence-corrected chi connectivity index (χ2v) is 4.74. The van der Waals surface area contributed by atoms with E-state index in [9.17, 15) is 4.79 Å². The van der Waals surface area contributed by atoms with Crippen LogP contribution in [0.25, 0.3) is 0 Å². The first kappa shape index (κ1) is 12.7. The Bertz CT molecular complexity index is 606. The van der Waals surface area contributed by atoms with Crippen LogP contribution in [0.15, 0.2) is 41.6 Å². The van der Waals surface area contributed by atoms with Gasteiger partial charge in [-0.15, -0.1) is 0 Å². The maximum Gasteiger partial charge on any atom is 0.251 e. The van der Waals surface area contributed by atoms with Crippen molar-refractivity contribution in [3.8, 4) is 5.75 Å². The fourth-order valence-electron chi connectivity index (χ4n) is 2.32. The van der Waals surface area contributed by atoms with Crippen molar-refractivity contribution in [2.24, 2.45) is 0 Å². The molecule has 0 unspecified atom stereocenters. The lowest BCUT2D eigenvalue weighted by atomic mass is 10.1. The third kappa shape index (κ3) is 2.96. The maximum atomic E-state index is 11.2. The van der Waals surface area contributed by atoms with E-state index in [1.807, 2.05) is 6.07 Å². The van der Waals surface area contributed by atoms with Gasteiger partial charge in [0.2, 0.25) is 5.95 Å². The van der Waals surface area contributed by atoms with Crippen molar-refractivity contribution in [2.45, 2.75) is 18.9 Å². The SMILES string of the molecule is O=c1cc(OC2CCN(c3ncccn3)CC2)cc[nH]1. The van der Waals surface area contributed by atoms with E-state index in [0.29, 0.717) is 5.75 Å². The third-order valence-corrected chi connectivity index (χ3v) is 3.33. The van der Waals surface area contributed by atoms with E-state index in [-0.39, 0.29) is 11.7 Å². The van der Waals surface area contributed by atoms with E-state index in [2.05, 4.69) is 19.9 Å². The molecule has 6 heteroatoms. The van der Waals surface area contributed by atoms with Gasteiger partial charge in [0.1, 0.15) is 11.9 Å². The van der Waals surface area contributed by atoms with Crippen molar-refractivity contribution in [3.05, 3.63) is 47.1 Å². The van der Waals surface area contributed by atoms with Crippen LogP contribution in [0, 0.1) is 0 Å². The second kappa shape index (κ2) is 5.73. The molecule has 0 spiro atoms. The zero-order valence-corrected chi connectivity index (χ0v) is 11.0. The molecule has 0 bridgehead atoms. The summed E-state index contributed by atoms with van der Waals surface area (Å²) >= 11 is 0. The van der Waals surface area contributed by atoms with Gasteiger partial charge in [-0.05, 0) is 12.1 Å². The Balaban J connectivity index is 1.58. The molecule has 1 aliphatic heterocycles. The molecule has 6 nitrogen and oxygen atoms in total. The molecule has 0 atom stereocenters. The van der Waals surface area contributed by atoms with E-state index in [4.69, 9.17) is 4.74 Å². The number of rotatable bonds is 3. The predicted molar refractivity (Wildman–Crippen MR) is 75.0 cm³/mol. The molecule has 1 saturated heterocycles. The van der Waals surface area contributed by atoms with Crippen LogP contribution >= 0.6 is 0 Å². The monoisotopic (exact) mass is 272 g/mol. The van der Waals surface area contributed by atoms with Gasteiger partial charge in [-0.1, -0.05) is 0 Å². The van der Waals surface area contributed by atoms with Crippen LogP contribution in [-0.2, 0) is 0 Å². The molecule has 1 aliphatic rings. The minimum absolute atomic E-state index is 0.136. The molecule has 0 saturated carbocycles. The molecule has 3 heterocycles. The molecule has 0 aromatic carbocycles. The van der Waals surface area contributed by atoms with Crippen molar-refractivity contribution < 1.29 is 4.74 Å². The Morgan fingerprint density at radius 1 is 1.25 bits per heavy atom. The van der Waals surface area contributed by atoms with Gasteiger partial charge in [0.15, 0.2) is 0 Å². The van der Waals surface area contributed by atoms with Gasteiger partial charge in [0, 0.05) is 50.6 Å². The molecule has 1 fully saturated rings. The number of nitrogens with zero attached hydrogens (tertiary/aromatic N) is 3. The zero-order chi connectivity index (χ0) is 13.8. The molecule has 20 heavy (non-hydrogen) atoms. The van der Waals surface area contributed by atoms with Crippen molar-refractivity contribution in [1.82, 2.24) is 15.0 Å². The Hall–Kier alpha value is -2.37. The van der Waals surface area contributed by atoms with Crippen LogP contribution in [0.2, 0.25) is 0 Å². The first-order chi connectivity index (χ1) is 9.81. The molecule has 1 N–H and O–H groups in total. The summed E-state index contributed by atoms with van der Waals surface area (Å²) in [4.78, 5) is 24.4. The topological polar surface area (TPSA) is 71.1 Å². The lowest BCUT2D eigenvalue weighted by molar-refractivity contribution is 0.170. The number of piperidine rings is 1. The number of hydrogen-bond acceptors (Lipinski definition) is 5.